The first-order valence-electron chi connectivity index (χ1n) is 11.3. The highest BCUT2D eigenvalue weighted by molar-refractivity contribution is 7.99. The lowest BCUT2D eigenvalue weighted by Gasteiger charge is -2.39. The van der Waals surface area contributed by atoms with Crippen molar-refractivity contribution >= 4 is 23.4 Å². The van der Waals surface area contributed by atoms with Crippen molar-refractivity contribution < 1.29 is 13.9 Å². The highest BCUT2D eigenvalue weighted by Gasteiger charge is 2.27. The van der Waals surface area contributed by atoms with Gasteiger partial charge in [-0.1, -0.05) is 18.2 Å². The van der Waals surface area contributed by atoms with Crippen LogP contribution in [0.5, 0.6) is 5.75 Å². The zero-order valence-electron chi connectivity index (χ0n) is 19.0. The summed E-state index contributed by atoms with van der Waals surface area (Å²) in [6.07, 6.45) is 2.20. The summed E-state index contributed by atoms with van der Waals surface area (Å²) >= 11 is 1.71. The van der Waals surface area contributed by atoms with Crippen molar-refractivity contribution in [2.75, 3.05) is 50.5 Å². The van der Waals surface area contributed by atoms with Crippen LogP contribution in [0, 0.1) is 0 Å². The number of rotatable bonds is 10. The number of nitrogens with zero attached hydrogens (tertiary/aromatic N) is 2. The van der Waals surface area contributed by atoms with E-state index in [-0.39, 0.29) is 11.9 Å². The van der Waals surface area contributed by atoms with Crippen molar-refractivity contribution in [3.8, 4) is 5.75 Å². The summed E-state index contributed by atoms with van der Waals surface area (Å²) in [6.45, 7) is 4.19. The van der Waals surface area contributed by atoms with Gasteiger partial charge in [-0.2, -0.15) is 0 Å². The van der Waals surface area contributed by atoms with E-state index in [2.05, 4.69) is 39.4 Å². The molecule has 0 unspecified atom stereocenters. The third-order valence-corrected chi connectivity index (χ3v) is 6.91. The van der Waals surface area contributed by atoms with Gasteiger partial charge in [0.2, 0.25) is 5.91 Å². The zero-order valence-corrected chi connectivity index (χ0v) is 19.8. The van der Waals surface area contributed by atoms with E-state index in [4.69, 9.17) is 9.15 Å². The Morgan fingerprint density at radius 3 is 2.45 bits per heavy atom. The Morgan fingerprint density at radius 1 is 1.03 bits per heavy atom. The van der Waals surface area contributed by atoms with Gasteiger partial charge in [-0.25, -0.2) is 0 Å². The topological polar surface area (TPSA) is 58.0 Å². The molecule has 0 aliphatic carbocycles. The van der Waals surface area contributed by atoms with Crippen LogP contribution in [-0.2, 0) is 4.79 Å². The van der Waals surface area contributed by atoms with E-state index in [1.54, 1.807) is 25.1 Å². The van der Waals surface area contributed by atoms with E-state index >= 15 is 0 Å². The fraction of sp³-hybridized carbons (Fsp3) is 0.346. The summed E-state index contributed by atoms with van der Waals surface area (Å²) in [6, 6.07) is 22.3. The molecular weight excluding hydrogens is 434 g/mol. The van der Waals surface area contributed by atoms with Crippen molar-refractivity contribution in [2.45, 2.75) is 17.4 Å². The Kier molecular flexibility index (Phi) is 8.33. The van der Waals surface area contributed by atoms with Crippen molar-refractivity contribution in [1.82, 2.24) is 10.2 Å². The zero-order chi connectivity index (χ0) is 22.9. The second kappa shape index (κ2) is 11.8. The maximum atomic E-state index is 12.5. The highest BCUT2D eigenvalue weighted by atomic mass is 32.2. The maximum Gasteiger partial charge on any atom is 0.220 e. The van der Waals surface area contributed by atoms with Crippen LogP contribution in [0.15, 0.2) is 82.3 Å². The normalized spacial score (nSPS) is 15.2. The molecule has 1 saturated heterocycles. The molecule has 1 aliphatic heterocycles. The first-order chi connectivity index (χ1) is 16.2. The summed E-state index contributed by atoms with van der Waals surface area (Å²) in [4.78, 5) is 18.5. The fourth-order valence-electron chi connectivity index (χ4n) is 4.05. The molecule has 0 spiro atoms. The standard InChI is InChI=1S/C26H31N3O3S/c1-31-22-11-9-21(10-12-22)28-14-16-29(17-15-28)24(25-8-5-18-32-25)20-27-26(30)13-19-33-23-6-3-2-4-7-23/h2-12,18,24H,13-17,19-20H2,1H3,(H,27,30)/t24-/m0/s1. The minimum absolute atomic E-state index is 0.0312. The van der Waals surface area contributed by atoms with Crippen LogP contribution < -0.4 is 15.0 Å². The van der Waals surface area contributed by atoms with Crippen molar-refractivity contribution in [3.63, 3.8) is 0 Å². The number of nitrogens with one attached hydrogen (secondary N) is 1. The lowest BCUT2D eigenvalue weighted by Crippen LogP contribution is -2.49. The third-order valence-electron chi connectivity index (χ3n) is 5.90. The molecule has 1 aliphatic rings. The van der Waals surface area contributed by atoms with Crippen molar-refractivity contribution in [2.24, 2.45) is 0 Å². The Morgan fingerprint density at radius 2 is 1.79 bits per heavy atom. The summed E-state index contributed by atoms with van der Waals surface area (Å²) in [5.41, 5.74) is 1.20. The predicted molar refractivity (Wildman–Crippen MR) is 133 cm³/mol. The molecule has 2 heterocycles. The first-order valence-corrected chi connectivity index (χ1v) is 12.3. The molecule has 1 amide bonds. The molecule has 1 atom stereocenters. The van der Waals surface area contributed by atoms with E-state index in [9.17, 15) is 4.79 Å². The molecule has 1 fully saturated rings. The quantitative estimate of drug-likeness (QED) is 0.447. The molecule has 6 nitrogen and oxygen atoms in total. The van der Waals surface area contributed by atoms with Crippen LogP contribution >= 0.6 is 11.8 Å². The van der Waals surface area contributed by atoms with Gasteiger partial charge in [0.25, 0.3) is 0 Å². The molecule has 7 heteroatoms. The molecule has 0 radical (unpaired) electrons. The monoisotopic (exact) mass is 465 g/mol. The second-order valence-corrected chi connectivity index (χ2v) is 9.14. The molecule has 4 rings (SSSR count). The van der Waals surface area contributed by atoms with Gasteiger partial charge >= 0.3 is 0 Å². The third kappa shape index (κ3) is 6.55. The largest absolute Gasteiger partial charge is 0.497 e. The van der Waals surface area contributed by atoms with Crippen LogP contribution in [0.3, 0.4) is 0 Å². The number of methoxy groups -OCH3 is 1. The first kappa shape index (κ1) is 23.3. The lowest BCUT2D eigenvalue weighted by molar-refractivity contribution is -0.121. The number of amides is 1. The van der Waals surface area contributed by atoms with Gasteiger partial charge in [0.15, 0.2) is 0 Å². The van der Waals surface area contributed by atoms with Gasteiger partial charge in [0.1, 0.15) is 11.5 Å². The molecule has 3 aromatic rings. The number of thioether (sulfide) groups is 1. The summed E-state index contributed by atoms with van der Waals surface area (Å²) in [5, 5.41) is 3.13. The number of ether oxygens (including phenoxy) is 1. The smallest absolute Gasteiger partial charge is 0.220 e. The van der Waals surface area contributed by atoms with Crippen LogP contribution in [0.25, 0.3) is 0 Å². The van der Waals surface area contributed by atoms with Gasteiger partial charge in [-0.15, -0.1) is 11.8 Å². The van der Waals surface area contributed by atoms with E-state index in [0.717, 1.165) is 43.4 Å². The number of piperazine rings is 1. The number of hydrogen-bond donors (Lipinski definition) is 1. The number of hydrogen-bond acceptors (Lipinski definition) is 6. The van der Waals surface area contributed by atoms with Crippen molar-refractivity contribution in [3.05, 3.63) is 78.8 Å². The van der Waals surface area contributed by atoms with E-state index in [1.807, 2.05) is 42.5 Å². The highest BCUT2D eigenvalue weighted by Crippen LogP contribution is 2.25. The Labute approximate surface area is 199 Å². The number of furan rings is 1. The molecule has 2 aromatic carbocycles. The van der Waals surface area contributed by atoms with Gasteiger partial charge < -0.3 is 19.4 Å². The molecular formula is C26H31N3O3S. The SMILES string of the molecule is COc1ccc(N2CCN([C@@H](CNC(=O)CCSc3ccccc3)c3ccco3)CC2)cc1. The van der Waals surface area contributed by atoms with Crippen LogP contribution in [0.2, 0.25) is 0 Å². The Bertz CT molecular complexity index is 972. The molecule has 33 heavy (non-hydrogen) atoms. The van der Waals surface area contributed by atoms with Crippen LogP contribution in [0.1, 0.15) is 18.2 Å². The number of anilines is 1. The molecule has 174 valence electrons. The van der Waals surface area contributed by atoms with Crippen LogP contribution in [0.4, 0.5) is 5.69 Å². The molecule has 1 N–H and O–H groups in total. The van der Waals surface area contributed by atoms with Gasteiger partial charge in [0, 0.05) is 55.5 Å². The maximum absolute atomic E-state index is 12.5. The predicted octanol–water partition coefficient (Wildman–Crippen LogP) is 4.45. The van der Waals surface area contributed by atoms with E-state index < -0.39 is 0 Å². The summed E-state index contributed by atoms with van der Waals surface area (Å²) < 4.78 is 11.0. The second-order valence-electron chi connectivity index (χ2n) is 7.97. The van der Waals surface area contributed by atoms with Crippen LogP contribution in [-0.4, -0.2) is 56.4 Å². The minimum Gasteiger partial charge on any atom is -0.497 e. The fourth-order valence-corrected chi connectivity index (χ4v) is 4.93. The van der Waals surface area contributed by atoms with E-state index in [0.29, 0.717) is 13.0 Å². The van der Waals surface area contributed by atoms with Gasteiger partial charge in [-0.05, 0) is 48.5 Å². The molecule has 0 saturated carbocycles. The number of carbonyl (C=O) groups is 1. The van der Waals surface area contributed by atoms with Crippen molar-refractivity contribution in [1.29, 1.82) is 0 Å². The Hall–Kier alpha value is -2.90. The van der Waals surface area contributed by atoms with Gasteiger partial charge in [-0.3, -0.25) is 9.69 Å². The van der Waals surface area contributed by atoms with Gasteiger partial charge in [0.05, 0.1) is 19.4 Å². The number of benzene rings is 2. The molecule has 0 bridgehead atoms. The van der Waals surface area contributed by atoms with E-state index in [1.165, 1.54) is 10.6 Å². The minimum atomic E-state index is 0.0312. The summed E-state index contributed by atoms with van der Waals surface area (Å²) in [7, 11) is 1.68. The Balaban J connectivity index is 1.28. The molecule has 1 aromatic heterocycles. The average Bonchev–Trinajstić information content (AvgIpc) is 3.40. The number of carbonyl (C=O) groups excluding carboxylic acids is 1. The lowest BCUT2D eigenvalue weighted by atomic mass is 10.1. The summed E-state index contributed by atoms with van der Waals surface area (Å²) in [5.74, 6) is 2.61. The average molecular weight is 466 g/mol.